The first-order valence-electron chi connectivity index (χ1n) is 8.82. The zero-order valence-electron chi connectivity index (χ0n) is 14.9. The molecule has 0 aliphatic carbocycles. The van der Waals surface area contributed by atoms with Gasteiger partial charge in [-0.3, -0.25) is 4.79 Å². The fourth-order valence-corrected chi connectivity index (χ4v) is 2.97. The predicted molar refractivity (Wildman–Crippen MR) is 110 cm³/mol. The molecule has 3 aromatic carbocycles. The van der Waals surface area contributed by atoms with Gasteiger partial charge in [-0.15, -0.1) is 0 Å². The maximum atomic E-state index is 12.2. The third-order valence-electron chi connectivity index (χ3n) is 4.12. The van der Waals surface area contributed by atoms with Crippen molar-refractivity contribution < 1.29 is 13.9 Å². The summed E-state index contributed by atoms with van der Waals surface area (Å²) in [6.45, 7) is 0.303. The lowest BCUT2D eigenvalue weighted by molar-refractivity contribution is -0.116. The number of fused-ring (bicyclic) bond motifs is 1. The molecular weight excluding hydrogens is 376 g/mol. The Morgan fingerprint density at radius 1 is 1.04 bits per heavy atom. The number of rotatable bonds is 6. The molecule has 0 bridgehead atoms. The minimum Gasteiger partial charge on any atom is -0.493 e. The van der Waals surface area contributed by atoms with Crippen molar-refractivity contribution in [2.75, 3.05) is 11.9 Å². The van der Waals surface area contributed by atoms with E-state index in [4.69, 9.17) is 20.8 Å². The van der Waals surface area contributed by atoms with Crippen molar-refractivity contribution in [3.05, 3.63) is 77.8 Å². The molecule has 0 saturated heterocycles. The molecule has 4 aromatic rings. The van der Waals surface area contributed by atoms with Crippen molar-refractivity contribution in [2.24, 2.45) is 0 Å². The van der Waals surface area contributed by atoms with Gasteiger partial charge in [-0.05, 0) is 36.4 Å². The summed E-state index contributed by atoms with van der Waals surface area (Å²) in [6.07, 6.45) is 0.244. The van der Waals surface area contributed by atoms with E-state index in [9.17, 15) is 4.79 Å². The number of anilines is 1. The highest BCUT2D eigenvalue weighted by Gasteiger charge is 2.12. The molecule has 0 fully saturated rings. The van der Waals surface area contributed by atoms with Gasteiger partial charge in [0.2, 0.25) is 11.8 Å². The van der Waals surface area contributed by atoms with Gasteiger partial charge in [-0.1, -0.05) is 41.9 Å². The largest absolute Gasteiger partial charge is 0.493 e. The quantitative estimate of drug-likeness (QED) is 0.466. The smallest absolute Gasteiger partial charge is 0.228 e. The van der Waals surface area contributed by atoms with Crippen LogP contribution in [-0.4, -0.2) is 17.5 Å². The molecule has 28 heavy (non-hydrogen) atoms. The predicted octanol–water partition coefficient (Wildman–Crippen LogP) is 5.56. The third-order valence-corrected chi connectivity index (χ3v) is 4.45. The maximum Gasteiger partial charge on any atom is 0.228 e. The molecule has 140 valence electrons. The molecule has 1 N–H and O–H groups in total. The van der Waals surface area contributed by atoms with E-state index in [1.807, 2.05) is 48.5 Å². The molecule has 0 atom stereocenters. The normalized spacial score (nSPS) is 10.8. The molecule has 0 aliphatic rings. The van der Waals surface area contributed by atoms with Crippen LogP contribution in [0.4, 0.5) is 5.69 Å². The Kier molecular flexibility index (Phi) is 5.26. The van der Waals surface area contributed by atoms with Gasteiger partial charge in [-0.2, -0.15) is 0 Å². The van der Waals surface area contributed by atoms with Gasteiger partial charge in [0.25, 0.3) is 0 Å². The van der Waals surface area contributed by atoms with Crippen LogP contribution in [0.15, 0.2) is 77.2 Å². The number of carbonyl (C=O) groups excluding carboxylic acids is 1. The summed E-state index contributed by atoms with van der Waals surface area (Å²) >= 11 is 6.21. The number of amides is 1. The van der Waals surface area contributed by atoms with Gasteiger partial charge in [0.05, 0.1) is 23.6 Å². The highest BCUT2D eigenvalue weighted by molar-refractivity contribution is 6.33. The number of nitrogens with one attached hydrogen (secondary N) is 1. The summed E-state index contributed by atoms with van der Waals surface area (Å²) in [5, 5.41) is 3.42. The maximum absolute atomic E-state index is 12.2. The van der Waals surface area contributed by atoms with E-state index in [1.165, 1.54) is 0 Å². The number of halogens is 1. The fourth-order valence-electron chi connectivity index (χ4n) is 2.75. The summed E-state index contributed by atoms with van der Waals surface area (Å²) in [4.78, 5) is 16.6. The SMILES string of the molecule is O=C(CCOc1ccccc1)Nc1ccc2nc(-c3ccccc3Cl)oc2c1. The molecule has 1 aromatic heterocycles. The molecule has 1 amide bonds. The van der Waals surface area contributed by atoms with Crippen molar-refractivity contribution >= 4 is 34.3 Å². The number of carbonyl (C=O) groups is 1. The van der Waals surface area contributed by atoms with Crippen LogP contribution in [0.25, 0.3) is 22.6 Å². The number of aromatic nitrogens is 1. The summed E-state index contributed by atoms with van der Waals surface area (Å²) in [5.41, 5.74) is 2.64. The number of benzene rings is 3. The lowest BCUT2D eigenvalue weighted by Gasteiger charge is -2.07. The summed E-state index contributed by atoms with van der Waals surface area (Å²) in [5.74, 6) is 1.05. The second-order valence-electron chi connectivity index (χ2n) is 6.14. The zero-order chi connectivity index (χ0) is 19.3. The van der Waals surface area contributed by atoms with Crippen molar-refractivity contribution in [2.45, 2.75) is 6.42 Å². The lowest BCUT2D eigenvalue weighted by atomic mass is 10.2. The Hall–Kier alpha value is -3.31. The van der Waals surface area contributed by atoms with E-state index >= 15 is 0 Å². The van der Waals surface area contributed by atoms with Crippen LogP contribution in [0.3, 0.4) is 0 Å². The van der Waals surface area contributed by atoms with Crippen molar-refractivity contribution in [1.82, 2.24) is 4.98 Å². The Morgan fingerprint density at radius 2 is 1.82 bits per heavy atom. The average molecular weight is 393 g/mol. The topological polar surface area (TPSA) is 64.4 Å². The summed E-state index contributed by atoms with van der Waals surface area (Å²) in [7, 11) is 0. The highest BCUT2D eigenvalue weighted by Crippen LogP contribution is 2.30. The number of oxazole rings is 1. The third kappa shape index (κ3) is 4.15. The minimum absolute atomic E-state index is 0.138. The van der Waals surface area contributed by atoms with Crippen LogP contribution in [0, 0.1) is 0 Å². The standard InChI is InChI=1S/C22H17ClN2O3/c23-18-9-5-4-8-17(18)22-25-19-11-10-15(14-20(19)28-22)24-21(26)12-13-27-16-6-2-1-3-7-16/h1-11,14H,12-13H2,(H,24,26). The molecular formula is C22H17ClN2O3. The number of nitrogens with zero attached hydrogens (tertiary/aromatic N) is 1. The molecule has 0 unspecified atom stereocenters. The van der Waals surface area contributed by atoms with E-state index in [2.05, 4.69) is 10.3 Å². The monoisotopic (exact) mass is 392 g/mol. The molecule has 0 saturated carbocycles. The van der Waals surface area contributed by atoms with Crippen LogP contribution in [0.5, 0.6) is 5.75 Å². The molecule has 4 rings (SSSR count). The van der Waals surface area contributed by atoms with E-state index in [1.54, 1.807) is 24.3 Å². The molecule has 0 spiro atoms. The number of para-hydroxylation sites is 1. The van der Waals surface area contributed by atoms with Crippen LogP contribution >= 0.6 is 11.6 Å². The zero-order valence-corrected chi connectivity index (χ0v) is 15.6. The van der Waals surface area contributed by atoms with E-state index < -0.39 is 0 Å². The molecule has 0 aliphatic heterocycles. The Balaban J connectivity index is 1.41. The van der Waals surface area contributed by atoms with E-state index in [0.717, 1.165) is 11.3 Å². The van der Waals surface area contributed by atoms with Gasteiger partial charge in [0.1, 0.15) is 11.3 Å². The Labute approximate surface area is 166 Å². The van der Waals surface area contributed by atoms with Crippen LogP contribution < -0.4 is 10.1 Å². The summed E-state index contributed by atoms with van der Waals surface area (Å²) in [6, 6.07) is 22.1. The molecule has 6 heteroatoms. The van der Waals surface area contributed by atoms with Crippen LogP contribution in [0.2, 0.25) is 5.02 Å². The first-order chi connectivity index (χ1) is 13.7. The van der Waals surface area contributed by atoms with Gasteiger partial charge < -0.3 is 14.5 Å². The van der Waals surface area contributed by atoms with Gasteiger partial charge in [-0.25, -0.2) is 4.98 Å². The fraction of sp³-hybridized carbons (Fsp3) is 0.0909. The van der Waals surface area contributed by atoms with Gasteiger partial charge in [0, 0.05) is 11.8 Å². The first kappa shape index (κ1) is 18.1. The number of hydrogen-bond donors (Lipinski definition) is 1. The Morgan fingerprint density at radius 3 is 2.64 bits per heavy atom. The molecule has 0 radical (unpaired) electrons. The highest BCUT2D eigenvalue weighted by atomic mass is 35.5. The van der Waals surface area contributed by atoms with Crippen molar-refractivity contribution in [3.8, 4) is 17.2 Å². The second kappa shape index (κ2) is 8.15. The van der Waals surface area contributed by atoms with Crippen LogP contribution in [0.1, 0.15) is 6.42 Å². The average Bonchev–Trinajstić information content (AvgIpc) is 3.12. The summed E-state index contributed by atoms with van der Waals surface area (Å²) < 4.78 is 11.4. The lowest BCUT2D eigenvalue weighted by Crippen LogP contribution is -2.15. The van der Waals surface area contributed by atoms with E-state index in [-0.39, 0.29) is 12.3 Å². The van der Waals surface area contributed by atoms with Crippen LogP contribution in [-0.2, 0) is 4.79 Å². The second-order valence-corrected chi connectivity index (χ2v) is 6.55. The number of hydrogen-bond acceptors (Lipinski definition) is 4. The Bertz CT molecular complexity index is 1110. The van der Waals surface area contributed by atoms with Crippen molar-refractivity contribution in [1.29, 1.82) is 0 Å². The van der Waals surface area contributed by atoms with Gasteiger partial charge in [0.15, 0.2) is 5.58 Å². The number of ether oxygens (including phenoxy) is 1. The molecule has 1 heterocycles. The van der Waals surface area contributed by atoms with E-state index in [0.29, 0.717) is 34.3 Å². The van der Waals surface area contributed by atoms with Gasteiger partial charge >= 0.3 is 0 Å². The minimum atomic E-state index is -0.138. The molecule has 5 nitrogen and oxygen atoms in total. The van der Waals surface area contributed by atoms with Crippen molar-refractivity contribution in [3.63, 3.8) is 0 Å². The first-order valence-corrected chi connectivity index (χ1v) is 9.20.